The fourth-order valence-corrected chi connectivity index (χ4v) is 9.01. The summed E-state index contributed by atoms with van der Waals surface area (Å²) in [7, 11) is 0. The van der Waals surface area contributed by atoms with Crippen LogP contribution < -0.4 is 5.73 Å². The molecule has 6 aromatic carbocycles. The molecule has 0 atom stereocenters. The summed E-state index contributed by atoms with van der Waals surface area (Å²) in [5.41, 5.74) is 20.3. The number of pyridine rings is 8. The Morgan fingerprint density at radius 2 is 0.629 bits per heavy atom. The van der Waals surface area contributed by atoms with E-state index in [0.29, 0.717) is 0 Å². The zero-order chi connectivity index (χ0) is 47.2. The third kappa shape index (κ3) is 8.51. The van der Waals surface area contributed by atoms with Crippen molar-refractivity contribution < 1.29 is 0 Å². The lowest BCUT2D eigenvalue weighted by Crippen LogP contribution is -1.91. The summed E-state index contributed by atoms with van der Waals surface area (Å²) < 4.78 is 0. The molecule has 8 heterocycles. The highest BCUT2D eigenvalue weighted by Crippen LogP contribution is 2.35. The van der Waals surface area contributed by atoms with Crippen molar-refractivity contribution >= 4 is 92.9 Å². The Labute approximate surface area is 403 Å². The molecule has 0 radical (unpaired) electrons. The van der Waals surface area contributed by atoms with Gasteiger partial charge in [-0.05, 0) is 101 Å². The van der Waals surface area contributed by atoms with Gasteiger partial charge in [-0.1, -0.05) is 115 Å². The molecule has 14 rings (SSSR count). The first-order valence-corrected chi connectivity index (χ1v) is 22.9. The molecule has 0 spiro atoms. The average Bonchev–Trinajstić information content (AvgIpc) is 3.44. The predicted molar refractivity (Wildman–Crippen MR) is 288 cm³/mol. The summed E-state index contributed by atoms with van der Waals surface area (Å²) in [6.45, 7) is 2.11. The van der Waals surface area contributed by atoms with Crippen LogP contribution in [0.1, 0.15) is 5.56 Å². The molecule has 9 heteroatoms. The van der Waals surface area contributed by atoms with Crippen LogP contribution in [0.3, 0.4) is 0 Å². The fourth-order valence-electron chi connectivity index (χ4n) is 9.01. The maximum atomic E-state index is 5.95. The van der Waals surface area contributed by atoms with Crippen LogP contribution in [0.2, 0.25) is 0 Å². The van der Waals surface area contributed by atoms with Crippen LogP contribution in [0.4, 0.5) is 5.69 Å². The maximum Gasteiger partial charge on any atom is 0.0985 e. The number of hydrogen-bond donors (Lipinski definition) is 1. The van der Waals surface area contributed by atoms with Gasteiger partial charge in [-0.15, -0.1) is 0 Å². The molecule has 0 fully saturated rings. The number of benzene rings is 6. The molecule has 0 amide bonds. The SMILES string of the molecule is Cc1cc2cccnc2c2ncccc12.Nc1cc2cccnc2c2ncccc12.c1ccc(-c2ccnc3c2ccc2c(-c4ccccc4)ccnc23)cc1.c1cnc2c(c1)ccc1cccnc12. The average molecular weight is 902 g/mol. The number of aryl methyl sites for hydroxylation is 1. The van der Waals surface area contributed by atoms with Gasteiger partial charge in [0.1, 0.15) is 0 Å². The molecule has 0 saturated carbocycles. The zero-order valence-electron chi connectivity index (χ0n) is 38.1. The van der Waals surface area contributed by atoms with Gasteiger partial charge in [0.25, 0.3) is 0 Å². The van der Waals surface area contributed by atoms with Gasteiger partial charge >= 0.3 is 0 Å². The first-order valence-electron chi connectivity index (χ1n) is 22.9. The van der Waals surface area contributed by atoms with Crippen LogP contribution in [0.5, 0.6) is 0 Å². The van der Waals surface area contributed by atoms with Crippen LogP contribution in [-0.2, 0) is 0 Å². The van der Waals surface area contributed by atoms with Crippen molar-refractivity contribution in [2.75, 3.05) is 5.73 Å². The van der Waals surface area contributed by atoms with Crippen molar-refractivity contribution in [1.29, 1.82) is 0 Å². The molecule has 0 aliphatic rings. The van der Waals surface area contributed by atoms with Crippen molar-refractivity contribution in [1.82, 2.24) is 39.9 Å². The van der Waals surface area contributed by atoms with Crippen LogP contribution in [0, 0.1) is 6.92 Å². The first-order chi connectivity index (χ1) is 34.6. The minimum absolute atomic E-state index is 0.749. The van der Waals surface area contributed by atoms with E-state index in [9.17, 15) is 0 Å². The van der Waals surface area contributed by atoms with Crippen molar-refractivity contribution in [2.24, 2.45) is 0 Å². The second-order valence-corrected chi connectivity index (χ2v) is 16.6. The number of nitrogen functional groups attached to an aromatic ring is 1. The van der Waals surface area contributed by atoms with Crippen LogP contribution in [0.15, 0.2) is 232 Å². The predicted octanol–water partition coefficient (Wildman–Crippen LogP) is 14.4. The second-order valence-electron chi connectivity index (χ2n) is 16.6. The van der Waals surface area contributed by atoms with E-state index in [2.05, 4.69) is 162 Å². The molecular weight excluding hydrogens is 859 g/mol. The van der Waals surface area contributed by atoms with Gasteiger partial charge in [0.2, 0.25) is 0 Å². The molecule has 8 aromatic heterocycles. The van der Waals surface area contributed by atoms with Crippen molar-refractivity contribution in [3.05, 3.63) is 237 Å². The van der Waals surface area contributed by atoms with Crippen molar-refractivity contribution in [3.63, 3.8) is 0 Å². The van der Waals surface area contributed by atoms with Crippen molar-refractivity contribution in [2.45, 2.75) is 6.92 Å². The summed E-state index contributed by atoms with van der Waals surface area (Å²) in [5.74, 6) is 0. The zero-order valence-corrected chi connectivity index (χ0v) is 38.1. The third-order valence-electron chi connectivity index (χ3n) is 12.3. The molecule has 14 aromatic rings. The van der Waals surface area contributed by atoms with Crippen LogP contribution in [0.25, 0.3) is 109 Å². The number of anilines is 1. The maximum absolute atomic E-state index is 5.95. The lowest BCUT2D eigenvalue weighted by atomic mass is 9.97. The van der Waals surface area contributed by atoms with Gasteiger partial charge in [0.15, 0.2) is 0 Å². The van der Waals surface area contributed by atoms with Gasteiger partial charge in [0.05, 0.1) is 44.1 Å². The second kappa shape index (κ2) is 19.3. The van der Waals surface area contributed by atoms with Gasteiger partial charge in [-0.3, -0.25) is 39.9 Å². The molecular formula is C61H43N9. The number of hydrogen-bond acceptors (Lipinski definition) is 9. The highest BCUT2D eigenvalue weighted by molar-refractivity contribution is 6.12. The lowest BCUT2D eigenvalue weighted by molar-refractivity contribution is 1.36. The van der Waals surface area contributed by atoms with Crippen LogP contribution in [-0.4, -0.2) is 39.9 Å². The Kier molecular flexibility index (Phi) is 11.9. The summed E-state index contributed by atoms with van der Waals surface area (Å²) >= 11 is 0. The van der Waals surface area contributed by atoms with E-state index in [1.807, 2.05) is 91.5 Å². The van der Waals surface area contributed by atoms with E-state index in [1.54, 1.807) is 24.8 Å². The Hall–Kier alpha value is -9.60. The monoisotopic (exact) mass is 901 g/mol. The standard InChI is InChI=1S/C24H16N2.C13H10N2.C12H9N3.C12H8N2/c1-3-7-17(8-4-1)19-13-15-25-23-21(19)11-12-22-20(14-16-26-24(22)23)18-9-5-2-6-10-18;1-9-8-10-4-2-6-14-12(10)13-11(9)5-3-7-15-13;13-10-7-8-3-1-5-14-11(8)12-9(10)4-2-6-15-12;1-3-9-5-6-10-4-2-8-14-12(10)11(9)13-7-1/h1-16H;2-8H,1H3;1-7H,13H2;1-8H. The molecule has 0 saturated heterocycles. The van der Waals surface area contributed by atoms with Crippen LogP contribution >= 0.6 is 0 Å². The van der Waals surface area contributed by atoms with Gasteiger partial charge in [-0.2, -0.15) is 0 Å². The Morgan fingerprint density at radius 1 is 0.271 bits per heavy atom. The molecule has 70 heavy (non-hydrogen) atoms. The highest BCUT2D eigenvalue weighted by Gasteiger charge is 2.12. The molecule has 0 unspecified atom stereocenters. The van der Waals surface area contributed by atoms with E-state index in [-0.39, 0.29) is 0 Å². The summed E-state index contributed by atoms with van der Waals surface area (Å²) in [4.78, 5) is 35.5. The molecule has 2 N–H and O–H groups in total. The quantitative estimate of drug-likeness (QED) is 0.133. The van der Waals surface area contributed by atoms with Gasteiger partial charge in [-0.25, -0.2) is 0 Å². The Balaban J connectivity index is 0.000000106. The first kappa shape index (κ1) is 43.0. The lowest BCUT2D eigenvalue weighted by Gasteiger charge is -2.11. The van der Waals surface area contributed by atoms with E-state index >= 15 is 0 Å². The Bertz CT molecular complexity index is 3900. The minimum Gasteiger partial charge on any atom is -0.398 e. The molecule has 0 aliphatic heterocycles. The molecule has 0 aliphatic carbocycles. The molecule has 0 bridgehead atoms. The van der Waals surface area contributed by atoms with Gasteiger partial charge < -0.3 is 5.73 Å². The third-order valence-corrected chi connectivity index (χ3v) is 12.3. The molecule has 9 nitrogen and oxygen atoms in total. The normalized spacial score (nSPS) is 11.0. The number of aromatic nitrogens is 8. The number of fused-ring (bicyclic) bond motifs is 12. The molecule has 332 valence electrons. The smallest absolute Gasteiger partial charge is 0.0985 e. The largest absolute Gasteiger partial charge is 0.398 e. The van der Waals surface area contributed by atoms with E-state index in [1.165, 1.54) is 33.2 Å². The number of nitrogens with two attached hydrogens (primary N) is 1. The summed E-state index contributed by atoms with van der Waals surface area (Å²) in [6.07, 6.45) is 14.5. The van der Waals surface area contributed by atoms with E-state index < -0.39 is 0 Å². The topological polar surface area (TPSA) is 129 Å². The van der Waals surface area contributed by atoms with E-state index in [4.69, 9.17) is 5.73 Å². The summed E-state index contributed by atoms with van der Waals surface area (Å²) in [6, 6.07) is 61.4. The number of nitrogens with zero attached hydrogens (tertiary/aromatic N) is 8. The highest BCUT2D eigenvalue weighted by atomic mass is 14.8. The Morgan fingerprint density at radius 3 is 1.11 bits per heavy atom. The number of rotatable bonds is 2. The van der Waals surface area contributed by atoms with Crippen molar-refractivity contribution in [3.8, 4) is 22.3 Å². The summed E-state index contributed by atoms with van der Waals surface area (Å²) in [5, 5.41) is 8.86. The van der Waals surface area contributed by atoms with Gasteiger partial charge in [0, 0.05) is 98.4 Å². The fraction of sp³-hybridized carbons (Fsp3) is 0.0164. The van der Waals surface area contributed by atoms with E-state index in [0.717, 1.165) is 87.5 Å². The minimum atomic E-state index is 0.749.